The molecule has 0 aliphatic heterocycles. The maximum absolute atomic E-state index is 13.5. The number of hydrogen-bond donors (Lipinski definition) is 2. The number of halogens is 1. The second-order valence-corrected chi connectivity index (χ2v) is 7.87. The molecule has 0 spiro atoms. The van der Waals surface area contributed by atoms with Crippen LogP contribution in [-0.4, -0.2) is 40.0 Å². The highest BCUT2D eigenvalue weighted by Crippen LogP contribution is 2.30. The Morgan fingerprint density at radius 2 is 1.59 bits per heavy atom. The van der Waals surface area contributed by atoms with Gasteiger partial charge >= 0.3 is 5.97 Å². The summed E-state index contributed by atoms with van der Waals surface area (Å²) >= 11 is 0. The van der Waals surface area contributed by atoms with Gasteiger partial charge in [0.15, 0.2) is 5.78 Å². The number of aliphatic carboxylic acids is 1. The molecule has 6 nitrogen and oxygen atoms in total. The number of carboxylic acid groups (broad SMARTS) is 1. The number of para-hydroxylation sites is 2. The predicted molar refractivity (Wildman–Crippen MR) is 122 cm³/mol. The number of benzene rings is 2. The molecule has 1 unspecified atom stereocenters. The van der Waals surface area contributed by atoms with Crippen LogP contribution in [0.3, 0.4) is 0 Å². The van der Waals surface area contributed by atoms with Crippen molar-refractivity contribution in [1.29, 1.82) is 0 Å². The normalized spacial score (nSPS) is 13.1. The van der Waals surface area contributed by atoms with Crippen LogP contribution in [0.15, 0.2) is 60.8 Å². The van der Waals surface area contributed by atoms with E-state index >= 15 is 0 Å². The predicted octanol–water partition coefficient (Wildman–Crippen LogP) is 4.73. The third-order valence-corrected chi connectivity index (χ3v) is 5.64. The van der Waals surface area contributed by atoms with E-state index in [-0.39, 0.29) is 18.2 Å². The van der Waals surface area contributed by atoms with Crippen LogP contribution in [0.2, 0.25) is 0 Å². The lowest BCUT2D eigenvalue weighted by molar-refractivity contribution is -0.139. The van der Waals surface area contributed by atoms with E-state index in [0.717, 1.165) is 28.2 Å². The first-order valence-electron chi connectivity index (χ1n) is 10.6. The van der Waals surface area contributed by atoms with Gasteiger partial charge in [-0.05, 0) is 18.6 Å². The first-order valence-corrected chi connectivity index (χ1v) is 10.6. The molecule has 0 saturated heterocycles. The molecule has 0 radical (unpaired) electrons. The number of ketones is 1. The summed E-state index contributed by atoms with van der Waals surface area (Å²) in [4.78, 5) is 36.4. The second kappa shape index (κ2) is 10.2. The van der Waals surface area contributed by atoms with Crippen LogP contribution in [0.25, 0.3) is 21.8 Å². The molecule has 0 aliphatic carbocycles. The fraction of sp³-hybridized carbons (Fsp3) is 0.320. The zero-order valence-corrected chi connectivity index (χ0v) is 18.0. The minimum Gasteiger partial charge on any atom is -0.481 e. The minimum atomic E-state index is -1.27. The van der Waals surface area contributed by atoms with Crippen LogP contribution in [-0.2, 0) is 9.59 Å². The Morgan fingerprint density at radius 3 is 2.09 bits per heavy atom. The Kier molecular flexibility index (Phi) is 7.41. The van der Waals surface area contributed by atoms with Crippen molar-refractivity contribution < 1.29 is 23.9 Å². The van der Waals surface area contributed by atoms with E-state index in [9.17, 15) is 18.8 Å². The fourth-order valence-corrected chi connectivity index (χ4v) is 4.10. The van der Waals surface area contributed by atoms with Crippen LogP contribution in [0.1, 0.15) is 37.4 Å². The van der Waals surface area contributed by atoms with Gasteiger partial charge in [0.2, 0.25) is 5.91 Å². The quantitative estimate of drug-likeness (QED) is 0.452. The molecule has 1 heterocycles. The fourth-order valence-electron chi connectivity index (χ4n) is 4.10. The van der Waals surface area contributed by atoms with Gasteiger partial charge in [0.25, 0.3) is 0 Å². The standard InChI is InChI=1S/C25H27FN2O4/c1-3-8-17(16(2)27-20(14-25(31)32)23(29)15-26)13-24(30)28-21-11-6-4-9-18(21)19-10-5-7-12-22(19)28/h4-7,9-12,17,20,27H,2-3,8,13-15H2,1H3,(H,31,32)/t17-,20?/m1/s1. The molecule has 0 fully saturated rings. The monoisotopic (exact) mass is 438 g/mol. The topological polar surface area (TPSA) is 88.4 Å². The average Bonchev–Trinajstić information content (AvgIpc) is 3.12. The summed E-state index contributed by atoms with van der Waals surface area (Å²) in [6.07, 6.45) is 0.929. The first-order chi connectivity index (χ1) is 15.4. The molecule has 3 rings (SSSR count). The number of rotatable bonds is 11. The summed E-state index contributed by atoms with van der Waals surface area (Å²) in [5.41, 5.74) is 1.99. The second-order valence-electron chi connectivity index (χ2n) is 7.87. The number of nitrogens with zero attached hydrogens (tertiary/aromatic N) is 1. The molecule has 168 valence electrons. The molecule has 0 aliphatic rings. The van der Waals surface area contributed by atoms with Crippen molar-refractivity contribution in [3.05, 3.63) is 60.8 Å². The summed E-state index contributed by atoms with van der Waals surface area (Å²) in [6, 6.07) is 14.2. The third-order valence-electron chi connectivity index (χ3n) is 5.64. The summed E-state index contributed by atoms with van der Waals surface area (Å²) in [5, 5.41) is 13.8. The zero-order valence-electron chi connectivity index (χ0n) is 18.0. The van der Waals surface area contributed by atoms with E-state index in [1.54, 1.807) is 4.57 Å². The van der Waals surface area contributed by atoms with Crippen molar-refractivity contribution in [3.63, 3.8) is 0 Å². The average molecular weight is 438 g/mol. The number of carbonyl (C=O) groups excluding carboxylic acids is 2. The van der Waals surface area contributed by atoms with Crippen molar-refractivity contribution in [2.45, 2.75) is 38.6 Å². The summed E-state index contributed by atoms with van der Waals surface area (Å²) in [6.45, 7) is 4.65. The Morgan fingerprint density at radius 1 is 1.03 bits per heavy atom. The number of aromatic nitrogens is 1. The smallest absolute Gasteiger partial charge is 0.305 e. The lowest BCUT2D eigenvalue weighted by Gasteiger charge is -2.24. The molecule has 0 amide bonds. The number of Topliss-reactive ketones (excluding diaryl/α,β-unsaturated/α-hetero) is 1. The molecule has 0 saturated carbocycles. The molecule has 2 aromatic carbocycles. The number of fused-ring (bicyclic) bond motifs is 3. The van der Waals surface area contributed by atoms with Gasteiger partial charge in [0.05, 0.1) is 23.5 Å². The van der Waals surface area contributed by atoms with Crippen LogP contribution < -0.4 is 5.32 Å². The van der Waals surface area contributed by atoms with Gasteiger partial charge in [-0.2, -0.15) is 0 Å². The van der Waals surface area contributed by atoms with Crippen LogP contribution >= 0.6 is 0 Å². The molecule has 1 aromatic heterocycles. The van der Waals surface area contributed by atoms with Gasteiger partial charge in [0.1, 0.15) is 6.67 Å². The summed E-state index contributed by atoms with van der Waals surface area (Å²) < 4.78 is 14.6. The minimum absolute atomic E-state index is 0.117. The maximum Gasteiger partial charge on any atom is 0.305 e. The third kappa shape index (κ3) is 4.88. The number of alkyl halides is 1. The number of carbonyl (C=O) groups is 3. The van der Waals surface area contributed by atoms with Crippen LogP contribution in [0.5, 0.6) is 0 Å². The van der Waals surface area contributed by atoms with E-state index in [1.807, 2.05) is 55.5 Å². The SMILES string of the molecule is C=C(NC(CC(=O)O)C(=O)CF)[C@H](CCC)CC(=O)n1c2ccccc2c2ccccc21. The summed E-state index contributed by atoms with van der Waals surface area (Å²) in [7, 11) is 0. The van der Waals surface area contributed by atoms with Crippen LogP contribution in [0, 0.1) is 5.92 Å². The van der Waals surface area contributed by atoms with Gasteiger partial charge in [-0.25, -0.2) is 4.39 Å². The number of nitrogens with one attached hydrogen (secondary N) is 1. The van der Waals surface area contributed by atoms with E-state index in [1.165, 1.54) is 0 Å². The van der Waals surface area contributed by atoms with E-state index < -0.39 is 30.9 Å². The highest BCUT2D eigenvalue weighted by atomic mass is 19.1. The van der Waals surface area contributed by atoms with Crippen molar-refractivity contribution >= 4 is 39.5 Å². The van der Waals surface area contributed by atoms with Gasteiger partial charge in [-0.15, -0.1) is 0 Å². The summed E-state index contributed by atoms with van der Waals surface area (Å²) in [5.74, 6) is -2.53. The van der Waals surface area contributed by atoms with Crippen LogP contribution in [0.4, 0.5) is 4.39 Å². The van der Waals surface area contributed by atoms with Crippen molar-refractivity contribution in [2.75, 3.05) is 6.67 Å². The Hall–Kier alpha value is -3.48. The molecule has 0 bridgehead atoms. The Labute approximate surface area is 185 Å². The highest BCUT2D eigenvalue weighted by Gasteiger charge is 2.26. The van der Waals surface area contributed by atoms with Crippen molar-refractivity contribution in [3.8, 4) is 0 Å². The van der Waals surface area contributed by atoms with E-state index in [2.05, 4.69) is 11.9 Å². The highest BCUT2D eigenvalue weighted by molar-refractivity contribution is 6.13. The molecule has 3 aromatic rings. The number of carboxylic acids is 1. The van der Waals surface area contributed by atoms with Gasteiger partial charge in [-0.1, -0.05) is 56.3 Å². The molecule has 2 N–H and O–H groups in total. The van der Waals surface area contributed by atoms with Crippen molar-refractivity contribution in [2.24, 2.45) is 5.92 Å². The molecular formula is C25H27FN2O4. The number of allylic oxidation sites excluding steroid dienone is 1. The number of hydrogen-bond acceptors (Lipinski definition) is 4. The molecule has 2 atom stereocenters. The lowest BCUT2D eigenvalue weighted by Crippen LogP contribution is -2.40. The van der Waals surface area contributed by atoms with Gasteiger partial charge in [0, 0.05) is 28.8 Å². The van der Waals surface area contributed by atoms with Gasteiger partial charge < -0.3 is 10.4 Å². The maximum atomic E-state index is 13.5. The van der Waals surface area contributed by atoms with Crippen molar-refractivity contribution in [1.82, 2.24) is 9.88 Å². The zero-order chi connectivity index (χ0) is 23.3. The lowest BCUT2D eigenvalue weighted by atomic mass is 9.95. The van der Waals surface area contributed by atoms with Gasteiger partial charge in [-0.3, -0.25) is 19.0 Å². The Bertz CT molecular complexity index is 1110. The largest absolute Gasteiger partial charge is 0.481 e. The first kappa shape index (κ1) is 23.2. The molecule has 32 heavy (non-hydrogen) atoms. The molecule has 7 heteroatoms. The molecular weight excluding hydrogens is 411 g/mol. The Balaban J connectivity index is 1.89. The van der Waals surface area contributed by atoms with E-state index in [4.69, 9.17) is 5.11 Å². The van der Waals surface area contributed by atoms with E-state index in [0.29, 0.717) is 12.1 Å².